The van der Waals surface area contributed by atoms with Gasteiger partial charge in [-0.25, -0.2) is 0 Å². The van der Waals surface area contributed by atoms with Gasteiger partial charge in [-0.15, -0.1) is 0 Å². The molecule has 0 amide bonds. The van der Waals surface area contributed by atoms with Gasteiger partial charge in [0, 0.05) is 449 Å². The third-order valence-corrected chi connectivity index (χ3v) is 19.4. The van der Waals surface area contributed by atoms with Crippen LogP contribution in [0.3, 0.4) is 0 Å². The highest BCUT2D eigenvalue weighted by Gasteiger charge is 2.07. The first-order valence-corrected chi connectivity index (χ1v) is 53.7. The summed E-state index contributed by atoms with van der Waals surface area (Å²) in [4.78, 5) is 0. The minimum absolute atomic E-state index is 0.173. The molecule has 2 N–H and O–H groups in total. The summed E-state index contributed by atoms with van der Waals surface area (Å²) in [5.74, 6) is 0. The lowest BCUT2D eigenvalue weighted by molar-refractivity contribution is 0.0381. The van der Waals surface area contributed by atoms with Crippen molar-refractivity contribution < 1.29 is 167 Å². The lowest BCUT2D eigenvalue weighted by atomic mass is 10.4. The Kier molecular flexibility index (Phi) is 133. The molecule has 0 aliphatic heterocycles. The molecular weight excluding hydrogens is 1790 g/mol. The van der Waals surface area contributed by atoms with Gasteiger partial charge in [0.25, 0.3) is 0 Å². The topological polar surface area (TPSA) is 345 Å². The summed E-state index contributed by atoms with van der Waals surface area (Å²) in [7, 11) is 0. The van der Waals surface area contributed by atoms with Gasteiger partial charge >= 0.3 is 0 Å². The van der Waals surface area contributed by atoms with Crippen molar-refractivity contribution in [3.8, 4) is 0 Å². The van der Waals surface area contributed by atoms with E-state index in [9.17, 15) is 0 Å². The van der Waals surface area contributed by atoms with Gasteiger partial charge in [0.15, 0.2) is 0 Å². The molecule has 0 rings (SSSR count). The minimum Gasteiger partial charge on any atom is -0.396 e. The lowest BCUT2D eigenvalue weighted by Gasteiger charge is -2.08. The number of aliphatic hydroxyl groups is 2. The zero-order valence-corrected chi connectivity index (χ0v) is 86.5. The Morgan fingerprint density at radius 3 is 0.131 bits per heavy atom. The average molecular weight is 1990 g/mol. The molecule has 0 aliphatic rings. The molecule has 0 aromatic heterocycles. The third-order valence-electron chi connectivity index (χ3n) is 19.4. The van der Waals surface area contributed by atoms with Crippen LogP contribution < -0.4 is 0 Å². The molecule has 0 saturated carbocycles. The van der Waals surface area contributed by atoms with E-state index in [0.29, 0.717) is 449 Å². The van der Waals surface area contributed by atoms with E-state index < -0.39 is 0 Å². The molecule has 137 heavy (non-hydrogen) atoms. The van der Waals surface area contributed by atoms with Crippen LogP contribution in [0.1, 0.15) is 218 Å². The number of aliphatic hydroxyl groups excluding tert-OH is 2. The summed E-state index contributed by atoms with van der Waals surface area (Å²) in [6, 6.07) is 0. The largest absolute Gasteiger partial charge is 0.396 e. The van der Waals surface area contributed by atoms with Gasteiger partial charge < -0.3 is 167 Å². The summed E-state index contributed by atoms with van der Waals surface area (Å²) in [5, 5.41) is 17.4. The maximum Gasteiger partial charge on any atom is 0.0488 e. The first-order valence-electron chi connectivity index (χ1n) is 53.7. The van der Waals surface area contributed by atoms with E-state index in [-0.39, 0.29) is 13.2 Å². The van der Waals surface area contributed by atoms with Crippen LogP contribution in [0.2, 0.25) is 0 Å². The van der Waals surface area contributed by atoms with Crippen LogP contribution in [0.5, 0.6) is 0 Å². The van der Waals surface area contributed by atoms with Crippen LogP contribution in [-0.4, -0.2) is 459 Å². The quantitative estimate of drug-likeness (QED) is 0.0534. The lowest BCUT2D eigenvalue weighted by Crippen LogP contribution is -2.09. The summed E-state index contributed by atoms with van der Waals surface area (Å²) >= 11 is 0. The molecule has 0 radical (unpaired) electrons. The molecule has 0 atom stereocenters. The van der Waals surface area contributed by atoms with Gasteiger partial charge in [0.1, 0.15) is 0 Å². The van der Waals surface area contributed by atoms with Crippen LogP contribution in [0, 0.1) is 0 Å². The van der Waals surface area contributed by atoms with Gasteiger partial charge in [0.2, 0.25) is 0 Å². The number of hydrogen-bond acceptors (Lipinski definition) is 35. The van der Waals surface area contributed by atoms with Crippen molar-refractivity contribution in [1.82, 2.24) is 0 Å². The minimum atomic E-state index is 0.173. The molecule has 0 bridgehead atoms. The fourth-order valence-corrected chi connectivity index (χ4v) is 12.1. The second kappa shape index (κ2) is 135. The van der Waals surface area contributed by atoms with Crippen LogP contribution >= 0.6 is 0 Å². The molecule has 0 fully saturated rings. The zero-order chi connectivity index (χ0) is 97.5. The van der Waals surface area contributed by atoms with Crippen LogP contribution in [0.4, 0.5) is 0 Å². The molecule has 0 aromatic carbocycles. The van der Waals surface area contributed by atoms with Crippen LogP contribution in [0.25, 0.3) is 0 Å². The Morgan fingerprint density at radius 1 is 0.0584 bits per heavy atom. The van der Waals surface area contributed by atoms with E-state index in [1.807, 2.05) is 0 Å². The van der Waals surface area contributed by atoms with Crippen LogP contribution in [0.15, 0.2) is 0 Å². The van der Waals surface area contributed by atoms with Crippen molar-refractivity contribution >= 4 is 0 Å². The molecule has 0 saturated heterocycles. The van der Waals surface area contributed by atoms with Gasteiger partial charge in [0.05, 0.1) is 0 Å². The van der Waals surface area contributed by atoms with Gasteiger partial charge in [-0.3, -0.25) is 0 Å². The van der Waals surface area contributed by atoms with Crippen molar-refractivity contribution in [1.29, 1.82) is 0 Å². The molecule has 824 valence electrons. The number of hydrogen-bond donors (Lipinski definition) is 2. The molecule has 35 nitrogen and oxygen atoms in total. The zero-order valence-electron chi connectivity index (χ0n) is 86.5. The first kappa shape index (κ1) is 136. The summed E-state index contributed by atoms with van der Waals surface area (Å²) in [6.45, 7) is 45.9. The van der Waals surface area contributed by atoms with Gasteiger partial charge in [-0.2, -0.15) is 0 Å². The standard InChI is InChI=1S/C102H206O35/c103-35-1-37-105-39-3-41-107-43-5-45-109-47-7-49-111-51-9-53-113-55-11-57-115-59-13-61-117-63-15-65-119-67-17-69-121-71-19-73-123-75-21-77-125-79-23-81-127-83-25-85-129-87-27-89-131-91-29-93-133-95-31-97-135-99-33-101-137-102-34-100-136-98-32-96-134-94-30-92-132-90-28-88-130-86-26-84-128-82-24-80-126-78-22-76-124-74-20-72-122-70-18-68-120-66-16-64-118-62-14-60-116-58-12-56-114-54-10-52-112-50-8-48-110-46-6-44-108-42-4-40-106-38-2-36-104/h103-104H,1-102H2. The van der Waals surface area contributed by atoms with E-state index in [1.165, 1.54) is 0 Å². The Bertz CT molecular complexity index is 1730. The Labute approximate surface area is 830 Å². The van der Waals surface area contributed by atoms with E-state index in [1.54, 1.807) is 0 Å². The van der Waals surface area contributed by atoms with E-state index in [4.69, 9.17) is 167 Å². The summed E-state index contributed by atoms with van der Waals surface area (Å²) < 4.78 is 188. The fraction of sp³-hybridized carbons (Fsp3) is 1.00. The first-order chi connectivity index (χ1) is 68.4. The Morgan fingerprint density at radius 2 is 0.0949 bits per heavy atom. The molecular formula is C102H206O35. The van der Waals surface area contributed by atoms with Crippen molar-refractivity contribution in [3.05, 3.63) is 0 Å². The van der Waals surface area contributed by atoms with Gasteiger partial charge in [-0.1, -0.05) is 0 Å². The molecule has 0 heterocycles. The molecule has 0 spiro atoms. The third kappa shape index (κ3) is 135. The normalized spacial score (nSPS) is 11.9. The predicted octanol–water partition coefficient (Wildman–Crippen LogP) is 12.8. The highest BCUT2D eigenvalue weighted by molar-refractivity contribution is 4.53. The van der Waals surface area contributed by atoms with E-state index >= 15 is 0 Å². The molecule has 0 unspecified atom stereocenters. The van der Waals surface area contributed by atoms with Crippen LogP contribution in [-0.2, 0) is 156 Å². The van der Waals surface area contributed by atoms with Crippen molar-refractivity contribution in [3.63, 3.8) is 0 Å². The average Bonchev–Trinajstić information content (AvgIpc) is 1.11. The number of rotatable bonds is 134. The Balaban J connectivity index is 3.10. The van der Waals surface area contributed by atoms with E-state index in [0.717, 1.165) is 205 Å². The summed E-state index contributed by atoms with van der Waals surface area (Å²) in [5.41, 5.74) is 0. The fourth-order valence-electron chi connectivity index (χ4n) is 12.1. The Hall–Kier alpha value is -1.40. The maximum atomic E-state index is 8.72. The summed E-state index contributed by atoms with van der Waals surface area (Å²) in [6.07, 6.45) is 29.5. The highest BCUT2D eigenvalue weighted by Crippen LogP contribution is 2.05. The van der Waals surface area contributed by atoms with Crippen molar-refractivity contribution in [2.75, 3.05) is 449 Å². The number of ether oxygens (including phenoxy) is 33. The van der Waals surface area contributed by atoms with Crippen molar-refractivity contribution in [2.45, 2.75) is 218 Å². The second-order valence-corrected chi connectivity index (χ2v) is 32.7. The van der Waals surface area contributed by atoms with Gasteiger partial charge in [-0.05, 0) is 218 Å². The highest BCUT2D eigenvalue weighted by atomic mass is 16.6. The molecule has 35 heteroatoms. The molecule has 0 aliphatic carbocycles. The van der Waals surface area contributed by atoms with E-state index in [2.05, 4.69) is 0 Å². The maximum absolute atomic E-state index is 8.72. The monoisotopic (exact) mass is 1990 g/mol. The van der Waals surface area contributed by atoms with Crippen molar-refractivity contribution in [2.24, 2.45) is 0 Å². The SMILES string of the molecule is OCCCOCCCOCCCOCCCOCCCOCCCOCCCOCCCOCCCOCCCOCCCOCCCOCCCOCCCOCCCOCCCOCCCOCCCOCCCOCCCOCCCOCCCOCCCOCCCOCCCOCCCOCCCOCCCOCCCOCCCOCCCOCCCOCCCOCCCO. The molecule has 0 aromatic rings. The second-order valence-electron chi connectivity index (χ2n) is 32.7. The predicted molar refractivity (Wildman–Crippen MR) is 528 cm³/mol. The smallest absolute Gasteiger partial charge is 0.0488 e.